The van der Waals surface area contributed by atoms with Crippen LogP contribution >= 0.6 is 0 Å². The Bertz CT molecular complexity index is 803. The van der Waals surface area contributed by atoms with E-state index in [9.17, 15) is 9.59 Å². The first kappa shape index (κ1) is 18.6. The van der Waals surface area contributed by atoms with E-state index >= 15 is 0 Å². The fourth-order valence-electron chi connectivity index (χ4n) is 3.03. The number of carbonyl (C=O) groups excluding carboxylic acids is 2. The molecule has 3 rings (SSSR count). The number of benzene rings is 1. The Balaban J connectivity index is 1.44. The molecule has 27 heavy (non-hydrogen) atoms. The quantitative estimate of drug-likeness (QED) is 0.758. The number of nitrogens with zero attached hydrogens (tertiary/aromatic N) is 4. The first-order valence-corrected chi connectivity index (χ1v) is 8.98. The number of rotatable bonds is 5. The summed E-state index contributed by atoms with van der Waals surface area (Å²) < 4.78 is 0. The van der Waals surface area contributed by atoms with Crippen LogP contribution < -0.4 is 16.0 Å². The number of piperazine rings is 1. The fraction of sp³-hybridized carbons (Fsp3) is 0.368. The van der Waals surface area contributed by atoms with Gasteiger partial charge in [0, 0.05) is 62.8 Å². The number of nitrogens with one attached hydrogen (secondary N) is 1. The topological polar surface area (TPSA) is 104 Å². The molecule has 2 aromatic rings. The molecule has 8 heteroatoms. The highest BCUT2D eigenvalue weighted by atomic mass is 16.2. The maximum atomic E-state index is 12.4. The highest BCUT2D eigenvalue weighted by Gasteiger charge is 2.22. The van der Waals surface area contributed by atoms with E-state index < -0.39 is 0 Å². The average Bonchev–Trinajstić information content (AvgIpc) is 2.70. The van der Waals surface area contributed by atoms with Gasteiger partial charge in [0.15, 0.2) is 0 Å². The molecule has 1 fully saturated rings. The van der Waals surface area contributed by atoms with Gasteiger partial charge in [-0.25, -0.2) is 9.97 Å². The van der Waals surface area contributed by atoms with Gasteiger partial charge in [0.25, 0.3) is 5.91 Å². The molecule has 1 aromatic heterocycles. The average molecular weight is 368 g/mol. The van der Waals surface area contributed by atoms with Crippen LogP contribution in [-0.2, 0) is 4.79 Å². The van der Waals surface area contributed by atoms with E-state index in [0.717, 1.165) is 5.56 Å². The van der Waals surface area contributed by atoms with Crippen molar-refractivity contribution in [2.45, 2.75) is 13.3 Å². The second-order valence-electron chi connectivity index (χ2n) is 6.50. The van der Waals surface area contributed by atoms with E-state index in [1.165, 1.54) is 0 Å². The zero-order valence-electron chi connectivity index (χ0n) is 15.4. The molecule has 3 N–H and O–H groups in total. The second-order valence-corrected chi connectivity index (χ2v) is 6.50. The van der Waals surface area contributed by atoms with Crippen LogP contribution in [0.2, 0.25) is 0 Å². The van der Waals surface area contributed by atoms with Crippen LogP contribution in [0.1, 0.15) is 22.3 Å². The van der Waals surface area contributed by atoms with E-state index in [0.29, 0.717) is 49.9 Å². The molecule has 1 aliphatic rings. The monoisotopic (exact) mass is 368 g/mol. The van der Waals surface area contributed by atoms with Crippen LogP contribution in [0.25, 0.3) is 0 Å². The summed E-state index contributed by atoms with van der Waals surface area (Å²) in [7, 11) is 0. The van der Waals surface area contributed by atoms with Crippen LogP contribution in [0, 0.1) is 6.92 Å². The van der Waals surface area contributed by atoms with Crippen LogP contribution in [0.3, 0.4) is 0 Å². The number of nitrogen functional groups attached to an aromatic ring is 1. The van der Waals surface area contributed by atoms with Crippen molar-refractivity contribution >= 4 is 23.5 Å². The van der Waals surface area contributed by atoms with E-state index in [2.05, 4.69) is 20.2 Å². The van der Waals surface area contributed by atoms with Gasteiger partial charge in [0.1, 0.15) is 0 Å². The zero-order chi connectivity index (χ0) is 19.2. The minimum atomic E-state index is -0.210. The second kappa shape index (κ2) is 8.48. The first-order valence-electron chi connectivity index (χ1n) is 8.98. The van der Waals surface area contributed by atoms with Crippen molar-refractivity contribution in [2.24, 2.45) is 0 Å². The fourth-order valence-corrected chi connectivity index (χ4v) is 3.03. The lowest BCUT2D eigenvalue weighted by molar-refractivity contribution is -0.131. The maximum absolute atomic E-state index is 12.4. The molecule has 1 aromatic carbocycles. The van der Waals surface area contributed by atoms with E-state index in [1.54, 1.807) is 30.6 Å². The molecule has 1 saturated heterocycles. The van der Waals surface area contributed by atoms with Gasteiger partial charge in [-0.2, -0.15) is 0 Å². The van der Waals surface area contributed by atoms with E-state index in [-0.39, 0.29) is 18.2 Å². The van der Waals surface area contributed by atoms with Gasteiger partial charge in [-0.1, -0.05) is 6.07 Å². The number of carbonyl (C=O) groups is 2. The molecular weight excluding hydrogens is 344 g/mol. The molecule has 0 bridgehead atoms. The lowest BCUT2D eigenvalue weighted by Gasteiger charge is -2.34. The van der Waals surface area contributed by atoms with Crippen molar-refractivity contribution < 1.29 is 9.59 Å². The normalized spacial score (nSPS) is 14.1. The summed E-state index contributed by atoms with van der Waals surface area (Å²) in [4.78, 5) is 37.0. The predicted molar refractivity (Wildman–Crippen MR) is 103 cm³/mol. The van der Waals surface area contributed by atoms with Crippen molar-refractivity contribution in [1.82, 2.24) is 20.2 Å². The van der Waals surface area contributed by atoms with Gasteiger partial charge in [-0.3, -0.25) is 9.59 Å². The Hall–Kier alpha value is -3.16. The van der Waals surface area contributed by atoms with Crippen molar-refractivity contribution in [2.75, 3.05) is 43.4 Å². The predicted octanol–water partition coefficient (Wildman–Crippen LogP) is 0.836. The van der Waals surface area contributed by atoms with Crippen molar-refractivity contribution in [3.63, 3.8) is 0 Å². The third-order valence-electron chi connectivity index (χ3n) is 4.60. The Labute approximate surface area is 158 Å². The number of aryl methyl sites for hydroxylation is 1. The summed E-state index contributed by atoms with van der Waals surface area (Å²) in [6, 6.07) is 7.00. The molecule has 0 radical (unpaired) electrons. The summed E-state index contributed by atoms with van der Waals surface area (Å²) in [5, 5.41) is 2.80. The van der Waals surface area contributed by atoms with Gasteiger partial charge in [0.2, 0.25) is 11.9 Å². The zero-order valence-corrected chi connectivity index (χ0v) is 15.4. The van der Waals surface area contributed by atoms with Gasteiger partial charge < -0.3 is 20.9 Å². The Morgan fingerprint density at radius 3 is 2.56 bits per heavy atom. The lowest BCUT2D eigenvalue weighted by Crippen LogP contribution is -2.49. The molecule has 0 atom stereocenters. The number of aromatic nitrogens is 2. The van der Waals surface area contributed by atoms with Crippen LogP contribution in [0.5, 0.6) is 0 Å². The SMILES string of the molecule is Cc1ccc(N)cc1C(=O)NCCC(=O)N1CCN(c2ncccn2)CC1. The number of hydrogen-bond donors (Lipinski definition) is 2. The number of amides is 2. The van der Waals surface area contributed by atoms with Crippen molar-refractivity contribution in [1.29, 1.82) is 0 Å². The minimum Gasteiger partial charge on any atom is -0.399 e. The largest absolute Gasteiger partial charge is 0.399 e. The Morgan fingerprint density at radius 2 is 1.85 bits per heavy atom. The molecular formula is C19H24N6O2. The minimum absolute atomic E-state index is 0.0354. The molecule has 142 valence electrons. The molecule has 2 heterocycles. The van der Waals surface area contributed by atoms with Crippen LogP contribution in [0.4, 0.5) is 11.6 Å². The van der Waals surface area contributed by atoms with Crippen LogP contribution in [-0.4, -0.2) is 59.4 Å². The summed E-state index contributed by atoms with van der Waals surface area (Å²) in [6.45, 7) is 4.80. The van der Waals surface area contributed by atoms with Crippen molar-refractivity contribution in [3.05, 3.63) is 47.8 Å². The molecule has 0 spiro atoms. The van der Waals surface area contributed by atoms with Crippen LogP contribution in [0.15, 0.2) is 36.7 Å². The highest BCUT2D eigenvalue weighted by molar-refractivity contribution is 5.96. The Morgan fingerprint density at radius 1 is 1.15 bits per heavy atom. The lowest BCUT2D eigenvalue weighted by atomic mass is 10.1. The molecule has 2 amide bonds. The highest BCUT2D eigenvalue weighted by Crippen LogP contribution is 2.13. The van der Waals surface area contributed by atoms with Gasteiger partial charge in [-0.15, -0.1) is 0 Å². The Kier molecular flexibility index (Phi) is 5.85. The molecule has 0 aliphatic carbocycles. The standard InChI is InChI=1S/C19H24N6O2/c1-14-3-4-15(20)13-16(14)18(27)21-8-5-17(26)24-9-11-25(12-10-24)19-22-6-2-7-23-19/h2-4,6-7,13H,5,8-12,20H2,1H3,(H,21,27). The maximum Gasteiger partial charge on any atom is 0.251 e. The number of nitrogens with two attached hydrogens (primary N) is 1. The summed E-state index contributed by atoms with van der Waals surface area (Å²) in [6.07, 6.45) is 3.70. The first-order chi connectivity index (χ1) is 13.0. The molecule has 8 nitrogen and oxygen atoms in total. The third-order valence-corrected chi connectivity index (χ3v) is 4.60. The summed E-state index contributed by atoms with van der Waals surface area (Å²) in [5.74, 6) is 0.515. The van der Waals surface area contributed by atoms with Gasteiger partial charge in [0.05, 0.1) is 0 Å². The molecule has 1 aliphatic heterocycles. The smallest absolute Gasteiger partial charge is 0.251 e. The van der Waals surface area contributed by atoms with E-state index in [1.807, 2.05) is 17.9 Å². The van der Waals surface area contributed by atoms with Gasteiger partial charge in [-0.05, 0) is 30.7 Å². The third kappa shape index (κ3) is 4.72. The number of anilines is 2. The summed E-state index contributed by atoms with van der Waals surface area (Å²) >= 11 is 0. The number of hydrogen-bond acceptors (Lipinski definition) is 6. The molecule has 0 unspecified atom stereocenters. The van der Waals surface area contributed by atoms with E-state index in [4.69, 9.17) is 5.73 Å². The summed E-state index contributed by atoms with van der Waals surface area (Å²) in [5.41, 5.74) is 7.68. The van der Waals surface area contributed by atoms with Gasteiger partial charge >= 0.3 is 0 Å². The van der Waals surface area contributed by atoms with Crippen molar-refractivity contribution in [3.8, 4) is 0 Å². The molecule has 0 saturated carbocycles.